The van der Waals surface area contributed by atoms with Crippen LogP contribution in [-0.2, 0) is 15.8 Å². The van der Waals surface area contributed by atoms with Gasteiger partial charge < -0.3 is 5.32 Å². The van der Waals surface area contributed by atoms with Crippen LogP contribution in [0, 0.1) is 5.82 Å². The van der Waals surface area contributed by atoms with E-state index < -0.39 is 21.8 Å². The zero-order valence-electron chi connectivity index (χ0n) is 15.4. The Morgan fingerprint density at radius 1 is 1.21 bits per heavy atom. The highest BCUT2D eigenvalue weighted by Crippen LogP contribution is 2.39. The maximum Gasteiger partial charge on any atom is 0.269 e. The summed E-state index contributed by atoms with van der Waals surface area (Å²) in [7, 11) is -3.89. The van der Waals surface area contributed by atoms with E-state index >= 15 is 0 Å². The topological polar surface area (TPSA) is 83.6 Å². The lowest BCUT2D eigenvalue weighted by atomic mass is 10.1. The second-order valence-electron chi connectivity index (χ2n) is 6.95. The molecule has 2 aliphatic rings. The van der Waals surface area contributed by atoms with Crippen molar-refractivity contribution in [2.45, 2.75) is 29.5 Å². The molecule has 1 saturated carbocycles. The van der Waals surface area contributed by atoms with Crippen LogP contribution in [-0.4, -0.2) is 42.9 Å². The van der Waals surface area contributed by atoms with Crippen molar-refractivity contribution in [3.05, 3.63) is 65.0 Å². The number of halogens is 1. The van der Waals surface area contributed by atoms with Crippen molar-refractivity contribution in [2.75, 3.05) is 12.3 Å². The summed E-state index contributed by atoms with van der Waals surface area (Å²) in [6, 6.07) is 10.4. The fourth-order valence-corrected chi connectivity index (χ4v) is 5.88. The number of hydrogen-bond acceptors (Lipinski definition) is 5. The Morgan fingerprint density at radius 2 is 1.97 bits per heavy atom. The zero-order valence-corrected chi connectivity index (χ0v) is 17.1. The van der Waals surface area contributed by atoms with Gasteiger partial charge in [0.15, 0.2) is 0 Å². The smallest absolute Gasteiger partial charge is 0.269 e. The summed E-state index contributed by atoms with van der Waals surface area (Å²) >= 11 is 1.49. The summed E-state index contributed by atoms with van der Waals surface area (Å²) in [5, 5.41) is 2.73. The molecule has 4 rings (SSSR count). The Labute approximate surface area is 172 Å². The van der Waals surface area contributed by atoms with Gasteiger partial charge in [-0.05, 0) is 42.7 Å². The minimum absolute atomic E-state index is 0.101. The fraction of sp³-hybridized carbons (Fsp3) is 0.300. The SMILES string of the molecule is O=C(NCCSCc1ccccc1F)c1ccc2c(c1)S(=O)(=O)N(C1CC1)C2=O. The lowest BCUT2D eigenvalue weighted by molar-refractivity contribution is 0.0863. The van der Waals surface area contributed by atoms with E-state index in [9.17, 15) is 22.4 Å². The van der Waals surface area contributed by atoms with Gasteiger partial charge in [0.25, 0.3) is 21.8 Å². The van der Waals surface area contributed by atoms with Crippen LogP contribution in [0.3, 0.4) is 0 Å². The van der Waals surface area contributed by atoms with Crippen LogP contribution in [0.25, 0.3) is 0 Å². The molecule has 6 nitrogen and oxygen atoms in total. The molecule has 0 aromatic heterocycles. The largest absolute Gasteiger partial charge is 0.351 e. The van der Waals surface area contributed by atoms with Gasteiger partial charge in [-0.3, -0.25) is 9.59 Å². The number of carbonyl (C=O) groups excluding carboxylic acids is 2. The van der Waals surface area contributed by atoms with Crippen molar-refractivity contribution < 1.29 is 22.4 Å². The molecule has 1 heterocycles. The molecule has 2 aromatic rings. The molecular formula is C20H19FN2O4S2. The van der Waals surface area contributed by atoms with Gasteiger partial charge in [0.1, 0.15) is 10.7 Å². The Balaban J connectivity index is 1.35. The van der Waals surface area contributed by atoms with E-state index in [2.05, 4.69) is 5.32 Å². The minimum atomic E-state index is -3.89. The molecule has 29 heavy (non-hydrogen) atoms. The second-order valence-corrected chi connectivity index (χ2v) is 9.84. The predicted octanol–water partition coefficient (Wildman–Crippen LogP) is 2.80. The van der Waals surface area contributed by atoms with Crippen molar-refractivity contribution in [1.29, 1.82) is 0 Å². The maximum atomic E-state index is 13.6. The number of benzene rings is 2. The summed E-state index contributed by atoms with van der Waals surface area (Å²) < 4.78 is 39.8. The van der Waals surface area contributed by atoms with Crippen molar-refractivity contribution in [3.8, 4) is 0 Å². The molecule has 2 amide bonds. The van der Waals surface area contributed by atoms with Crippen LogP contribution >= 0.6 is 11.8 Å². The monoisotopic (exact) mass is 434 g/mol. The van der Waals surface area contributed by atoms with E-state index in [-0.39, 0.29) is 27.9 Å². The van der Waals surface area contributed by atoms with Gasteiger partial charge in [0, 0.05) is 29.7 Å². The lowest BCUT2D eigenvalue weighted by Gasteiger charge is -2.13. The van der Waals surface area contributed by atoms with Gasteiger partial charge in [0.2, 0.25) is 0 Å². The molecule has 1 aliphatic carbocycles. The van der Waals surface area contributed by atoms with Gasteiger partial charge in [-0.2, -0.15) is 11.8 Å². The van der Waals surface area contributed by atoms with E-state index in [1.54, 1.807) is 18.2 Å². The molecule has 2 aromatic carbocycles. The Hall–Kier alpha value is -2.39. The Morgan fingerprint density at radius 3 is 2.69 bits per heavy atom. The second kappa shape index (κ2) is 7.79. The van der Waals surface area contributed by atoms with E-state index in [0.717, 1.165) is 4.31 Å². The first-order chi connectivity index (χ1) is 13.9. The molecule has 9 heteroatoms. The van der Waals surface area contributed by atoms with Crippen LogP contribution in [0.2, 0.25) is 0 Å². The van der Waals surface area contributed by atoms with Crippen molar-refractivity contribution >= 4 is 33.6 Å². The third kappa shape index (κ3) is 3.89. The van der Waals surface area contributed by atoms with Crippen molar-refractivity contribution in [2.24, 2.45) is 0 Å². The molecule has 152 valence electrons. The number of carbonyl (C=O) groups is 2. The van der Waals surface area contributed by atoms with Gasteiger partial charge in [-0.1, -0.05) is 18.2 Å². The van der Waals surface area contributed by atoms with Crippen LogP contribution in [0.5, 0.6) is 0 Å². The Kier molecular flexibility index (Phi) is 5.35. The first-order valence-corrected chi connectivity index (χ1v) is 11.8. The van der Waals surface area contributed by atoms with Crippen LogP contribution in [0.15, 0.2) is 47.4 Å². The highest BCUT2D eigenvalue weighted by molar-refractivity contribution is 7.98. The minimum Gasteiger partial charge on any atom is -0.351 e. The molecule has 0 bridgehead atoms. The third-order valence-corrected chi connectivity index (χ3v) is 7.72. The number of thioether (sulfide) groups is 1. The fourth-order valence-electron chi connectivity index (χ4n) is 3.19. The van der Waals surface area contributed by atoms with E-state index in [1.807, 2.05) is 0 Å². The van der Waals surface area contributed by atoms with Gasteiger partial charge in [-0.25, -0.2) is 17.1 Å². The average Bonchev–Trinajstić information content (AvgIpc) is 3.50. The molecule has 1 fully saturated rings. The van der Waals surface area contributed by atoms with Gasteiger partial charge in [0.05, 0.1) is 5.56 Å². The van der Waals surface area contributed by atoms with Crippen LogP contribution in [0.4, 0.5) is 4.39 Å². The zero-order chi connectivity index (χ0) is 20.6. The Bertz CT molecular complexity index is 1080. The summed E-state index contributed by atoms with van der Waals surface area (Å²) in [6.45, 7) is 0.356. The highest BCUT2D eigenvalue weighted by atomic mass is 32.2. The van der Waals surface area contributed by atoms with Gasteiger partial charge >= 0.3 is 0 Å². The molecule has 1 N–H and O–H groups in total. The predicted molar refractivity (Wildman–Crippen MR) is 108 cm³/mol. The van der Waals surface area contributed by atoms with Crippen molar-refractivity contribution in [3.63, 3.8) is 0 Å². The molecule has 0 unspecified atom stereocenters. The first-order valence-electron chi connectivity index (χ1n) is 9.22. The normalized spacial score (nSPS) is 17.3. The molecule has 1 aliphatic heterocycles. The molecule has 0 saturated heterocycles. The number of fused-ring (bicyclic) bond motifs is 1. The number of amides is 2. The number of nitrogens with one attached hydrogen (secondary N) is 1. The van der Waals surface area contributed by atoms with E-state index in [4.69, 9.17) is 0 Å². The number of nitrogens with zero attached hydrogens (tertiary/aromatic N) is 1. The summed E-state index contributed by atoms with van der Waals surface area (Å²) in [5.74, 6) is -0.0975. The van der Waals surface area contributed by atoms with Crippen molar-refractivity contribution in [1.82, 2.24) is 9.62 Å². The summed E-state index contributed by atoms with van der Waals surface area (Å²) in [4.78, 5) is 24.7. The third-order valence-electron chi connectivity index (χ3n) is 4.84. The summed E-state index contributed by atoms with van der Waals surface area (Å²) in [6.07, 6.45) is 1.35. The quantitative estimate of drug-likeness (QED) is 0.678. The van der Waals surface area contributed by atoms with Crippen LogP contribution < -0.4 is 5.32 Å². The highest BCUT2D eigenvalue weighted by Gasteiger charge is 2.48. The number of hydrogen-bond donors (Lipinski definition) is 1. The average molecular weight is 435 g/mol. The first kappa shape index (κ1) is 19.9. The maximum absolute atomic E-state index is 13.6. The number of sulfonamides is 1. The molecule has 0 spiro atoms. The van der Waals surface area contributed by atoms with Crippen LogP contribution in [0.1, 0.15) is 39.1 Å². The van der Waals surface area contributed by atoms with E-state index in [1.165, 1.54) is 36.0 Å². The lowest BCUT2D eigenvalue weighted by Crippen LogP contribution is -2.32. The molecular weight excluding hydrogens is 415 g/mol. The standard InChI is InChI=1S/C20H19FN2O4S2/c21-17-4-2-1-3-14(17)12-28-10-9-22-19(24)13-5-8-16-18(11-13)29(26,27)23(20(16)25)15-6-7-15/h1-5,8,11,15H,6-7,9-10,12H2,(H,22,24). The molecule has 0 atom stereocenters. The summed E-state index contributed by atoms with van der Waals surface area (Å²) in [5.41, 5.74) is 0.920. The van der Waals surface area contributed by atoms with Gasteiger partial charge in [-0.15, -0.1) is 0 Å². The number of rotatable bonds is 7. The van der Waals surface area contributed by atoms with E-state index in [0.29, 0.717) is 36.5 Å². The molecule has 0 radical (unpaired) electrons.